The van der Waals surface area contributed by atoms with Gasteiger partial charge in [0.2, 0.25) is 0 Å². The van der Waals surface area contributed by atoms with Crippen molar-refractivity contribution in [3.63, 3.8) is 0 Å². The van der Waals surface area contributed by atoms with Crippen molar-refractivity contribution >= 4 is 11.9 Å². The van der Waals surface area contributed by atoms with E-state index in [4.69, 9.17) is 0 Å². The molecule has 2 aromatic rings. The molecule has 0 aliphatic rings. The van der Waals surface area contributed by atoms with Crippen molar-refractivity contribution in [3.8, 4) is 5.75 Å². The van der Waals surface area contributed by atoms with E-state index in [1.54, 1.807) is 12.4 Å². The van der Waals surface area contributed by atoms with Gasteiger partial charge >= 0.3 is 0 Å². The number of phenolic OH excluding ortho intramolecular Hbond substituents is 1. The number of hydrogen-bond donors (Lipinski definition) is 2. The third kappa shape index (κ3) is 2.57. The second-order valence-electron chi connectivity index (χ2n) is 3.33. The number of H-pyrrole nitrogens is 1. The molecule has 17 heavy (non-hydrogen) atoms. The first-order valence-electron chi connectivity index (χ1n) is 4.87. The largest absolute Gasteiger partial charge is 0.507 e. The monoisotopic (exact) mass is 232 g/mol. The predicted octanol–water partition coefficient (Wildman–Crippen LogP) is 2.15. The number of phenols is 1. The molecule has 0 saturated carbocycles. The predicted molar refractivity (Wildman–Crippen MR) is 60.0 cm³/mol. The van der Waals surface area contributed by atoms with Crippen molar-refractivity contribution in [2.45, 2.75) is 0 Å². The van der Waals surface area contributed by atoms with Crippen molar-refractivity contribution in [2.24, 2.45) is 0 Å². The van der Waals surface area contributed by atoms with Crippen molar-refractivity contribution in [2.75, 3.05) is 0 Å². The number of aromatic amines is 1. The van der Waals surface area contributed by atoms with Crippen LogP contribution in [0.5, 0.6) is 5.75 Å². The number of allylic oxidation sites excluding steroid dienone is 1. The Balaban J connectivity index is 2.23. The van der Waals surface area contributed by atoms with Gasteiger partial charge in [0.1, 0.15) is 17.4 Å². The highest BCUT2D eigenvalue weighted by atomic mass is 19.1. The summed E-state index contributed by atoms with van der Waals surface area (Å²) in [5.74, 6) is -0.800. The van der Waals surface area contributed by atoms with Gasteiger partial charge in [0.15, 0.2) is 5.78 Å². The first-order valence-corrected chi connectivity index (χ1v) is 4.87. The summed E-state index contributed by atoms with van der Waals surface area (Å²) in [6.45, 7) is 0. The van der Waals surface area contributed by atoms with Crippen LogP contribution in [0.3, 0.4) is 0 Å². The number of halogens is 1. The molecule has 4 nitrogen and oxygen atoms in total. The summed E-state index contributed by atoms with van der Waals surface area (Å²) >= 11 is 0. The van der Waals surface area contributed by atoms with Crippen LogP contribution in [0.2, 0.25) is 0 Å². The molecular weight excluding hydrogens is 223 g/mol. The Morgan fingerprint density at radius 2 is 2.29 bits per heavy atom. The number of imidazole rings is 1. The minimum absolute atomic E-state index is 0.0761. The van der Waals surface area contributed by atoms with Gasteiger partial charge in [-0.05, 0) is 30.4 Å². The quantitative estimate of drug-likeness (QED) is 0.629. The van der Waals surface area contributed by atoms with Crippen molar-refractivity contribution < 1.29 is 14.3 Å². The SMILES string of the molecule is O=C(C=Cc1ncc[nH]1)c1cc(F)ccc1O. The molecule has 0 radical (unpaired) electrons. The molecule has 0 aliphatic heterocycles. The average molecular weight is 232 g/mol. The second-order valence-corrected chi connectivity index (χ2v) is 3.33. The molecule has 2 N–H and O–H groups in total. The van der Waals surface area contributed by atoms with E-state index >= 15 is 0 Å². The molecule has 0 unspecified atom stereocenters. The fourth-order valence-corrected chi connectivity index (χ4v) is 1.32. The molecule has 1 heterocycles. The Kier molecular flexibility index (Phi) is 3.00. The van der Waals surface area contributed by atoms with Gasteiger partial charge in [-0.15, -0.1) is 0 Å². The van der Waals surface area contributed by atoms with Gasteiger partial charge in [-0.2, -0.15) is 0 Å². The van der Waals surface area contributed by atoms with Gasteiger partial charge in [-0.1, -0.05) is 0 Å². The molecule has 0 atom stereocenters. The van der Waals surface area contributed by atoms with E-state index in [0.717, 1.165) is 18.2 Å². The fourth-order valence-electron chi connectivity index (χ4n) is 1.32. The van der Waals surface area contributed by atoms with Crippen LogP contribution in [0, 0.1) is 5.82 Å². The van der Waals surface area contributed by atoms with E-state index in [-0.39, 0.29) is 11.3 Å². The van der Waals surface area contributed by atoms with Gasteiger partial charge < -0.3 is 10.1 Å². The molecular formula is C12H9FN2O2. The molecule has 1 aromatic heterocycles. The fraction of sp³-hybridized carbons (Fsp3) is 0. The van der Waals surface area contributed by atoms with E-state index in [2.05, 4.69) is 9.97 Å². The minimum Gasteiger partial charge on any atom is -0.507 e. The highest BCUT2D eigenvalue weighted by Crippen LogP contribution is 2.18. The molecule has 0 saturated heterocycles. The Morgan fingerprint density at radius 1 is 1.47 bits per heavy atom. The van der Waals surface area contributed by atoms with Crippen LogP contribution in [0.25, 0.3) is 6.08 Å². The molecule has 0 aliphatic carbocycles. The number of carbonyl (C=O) groups excluding carboxylic acids is 1. The van der Waals surface area contributed by atoms with Gasteiger partial charge in [-0.3, -0.25) is 4.79 Å². The zero-order valence-corrected chi connectivity index (χ0v) is 8.72. The number of nitrogens with zero attached hydrogens (tertiary/aromatic N) is 1. The standard InChI is InChI=1S/C12H9FN2O2/c13-8-1-2-10(16)9(7-8)11(17)3-4-12-14-5-6-15-12/h1-7,16H,(H,14,15). The normalized spacial score (nSPS) is 10.9. The van der Waals surface area contributed by atoms with Crippen LogP contribution < -0.4 is 0 Å². The van der Waals surface area contributed by atoms with Gasteiger partial charge in [0.25, 0.3) is 0 Å². The summed E-state index contributed by atoms with van der Waals surface area (Å²) in [6.07, 6.45) is 5.83. The van der Waals surface area contributed by atoms with Crippen molar-refractivity contribution in [1.82, 2.24) is 9.97 Å². The van der Waals surface area contributed by atoms with Crippen molar-refractivity contribution in [3.05, 3.63) is 53.9 Å². The lowest BCUT2D eigenvalue weighted by atomic mass is 10.1. The first-order chi connectivity index (χ1) is 8.16. The molecule has 2 rings (SSSR count). The number of nitrogens with one attached hydrogen (secondary N) is 1. The van der Waals surface area contributed by atoms with E-state index < -0.39 is 11.6 Å². The lowest BCUT2D eigenvalue weighted by Gasteiger charge is -1.99. The number of ketones is 1. The average Bonchev–Trinajstić information content (AvgIpc) is 2.82. The maximum Gasteiger partial charge on any atom is 0.189 e. The van der Waals surface area contributed by atoms with Crippen LogP contribution in [-0.4, -0.2) is 20.9 Å². The van der Waals surface area contributed by atoms with Crippen LogP contribution >= 0.6 is 0 Å². The summed E-state index contributed by atoms with van der Waals surface area (Å²) in [7, 11) is 0. The highest BCUT2D eigenvalue weighted by Gasteiger charge is 2.09. The molecule has 86 valence electrons. The van der Waals surface area contributed by atoms with E-state index in [1.807, 2.05) is 0 Å². The Morgan fingerprint density at radius 3 is 3.00 bits per heavy atom. The van der Waals surface area contributed by atoms with Gasteiger partial charge in [0, 0.05) is 12.4 Å². The summed E-state index contributed by atoms with van der Waals surface area (Å²) in [5.41, 5.74) is -0.0761. The summed E-state index contributed by atoms with van der Waals surface area (Å²) in [6, 6.07) is 3.22. The number of carbonyl (C=O) groups is 1. The maximum atomic E-state index is 12.9. The molecule has 1 aromatic carbocycles. The topological polar surface area (TPSA) is 66.0 Å². The molecule has 5 heteroatoms. The van der Waals surface area contributed by atoms with Gasteiger partial charge in [-0.25, -0.2) is 9.37 Å². The van der Waals surface area contributed by atoms with Gasteiger partial charge in [0.05, 0.1) is 5.56 Å². The van der Waals surface area contributed by atoms with E-state index in [0.29, 0.717) is 5.82 Å². The van der Waals surface area contributed by atoms with Crippen LogP contribution in [0.4, 0.5) is 4.39 Å². The molecule has 0 fully saturated rings. The second kappa shape index (κ2) is 4.61. The Labute approximate surface area is 96.4 Å². The van der Waals surface area contributed by atoms with Crippen LogP contribution in [0.1, 0.15) is 16.2 Å². The lowest BCUT2D eigenvalue weighted by Crippen LogP contribution is -1.96. The molecule has 0 spiro atoms. The van der Waals surface area contributed by atoms with Crippen molar-refractivity contribution in [1.29, 1.82) is 0 Å². The summed E-state index contributed by atoms with van der Waals surface area (Å²) < 4.78 is 12.9. The first kappa shape index (κ1) is 11.1. The zero-order chi connectivity index (χ0) is 12.3. The number of aromatic nitrogens is 2. The Hall–Kier alpha value is -2.43. The zero-order valence-electron chi connectivity index (χ0n) is 8.72. The molecule has 0 amide bonds. The third-order valence-electron chi connectivity index (χ3n) is 2.14. The maximum absolute atomic E-state index is 12.9. The summed E-state index contributed by atoms with van der Waals surface area (Å²) in [5, 5.41) is 9.42. The lowest BCUT2D eigenvalue weighted by molar-refractivity contribution is 0.104. The third-order valence-corrected chi connectivity index (χ3v) is 2.14. The van der Waals surface area contributed by atoms with Crippen LogP contribution in [-0.2, 0) is 0 Å². The summed E-state index contributed by atoms with van der Waals surface area (Å²) in [4.78, 5) is 18.3. The number of benzene rings is 1. The van der Waals surface area contributed by atoms with E-state index in [9.17, 15) is 14.3 Å². The Bertz CT molecular complexity index is 562. The highest BCUT2D eigenvalue weighted by molar-refractivity contribution is 6.08. The van der Waals surface area contributed by atoms with Crippen LogP contribution in [0.15, 0.2) is 36.7 Å². The number of aromatic hydroxyl groups is 1. The minimum atomic E-state index is -0.572. The molecule has 0 bridgehead atoms. The van der Waals surface area contributed by atoms with E-state index in [1.165, 1.54) is 12.2 Å². The number of rotatable bonds is 3. The number of hydrogen-bond acceptors (Lipinski definition) is 3. The smallest absolute Gasteiger partial charge is 0.189 e.